The zero-order valence-electron chi connectivity index (χ0n) is 13.9. The molecule has 0 aromatic heterocycles. The fourth-order valence-electron chi connectivity index (χ4n) is 3.40. The molecule has 1 aromatic rings. The Balaban J connectivity index is 2.08. The van der Waals surface area contributed by atoms with Crippen molar-refractivity contribution < 1.29 is 0 Å². The maximum absolute atomic E-state index is 3.69. The van der Waals surface area contributed by atoms with E-state index < -0.39 is 0 Å². The Morgan fingerprint density at radius 2 is 1.85 bits per heavy atom. The van der Waals surface area contributed by atoms with Gasteiger partial charge in [-0.1, -0.05) is 58.9 Å². The van der Waals surface area contributed by atoms with E-state index in [9.17, 15) is 0 Å². The van der Waals surface area contributed by atoms with E-state index in [0.717, 1.165) is 6.54 Å². The number of benzene rings is 1. The van der Waals surface area contributed by atoms with Crippen molar-refractivity contribution >= 4 is 0 Å². The largest absolute Gasteiger partial charge is 0.314 e. The molecule has 1 nitrogen and oxygen atoms in total. The smallest absolute Gasteiger partial charge is 0.00757 e. The fraction of sp³-hybridized carbons (Fsp3) is 0.684. The Kier molecular flexibility index (Phi) is 4.59. The van der Waals surface area contributed by atoms with Crippen LogP contribution in [0, 0.1) is 0 Å². The van der Waals surface area contributed by atoms with Crippen LogP contribution in [-0.4, -0.2) is 12.6 Å². The van der Waals surface area contributed by atoms with E-state index in [1.54, 1.807) is 0 Å². The average Bonchev–Trinajstić information content (AvgIpc) is 2.79. The molecule has 0 heterocycles. The molecular weight excluding hydrogens is 242 g/mol. The highest BCUT2D eigenvalue weighted by Gasteiger charge is 2.36. The van der Waals surface area contributed by atoms with Crippen LogP contribution in [0.5, 0.6) is 0 Å². The molecular formula is C19H31N. The van der Waals surface area contributed by atoms with Crippen molar-refractivity contribution in [3.63, 3.8) is 0 Å². The monoisotopic (exact) mass is 273 g/mol. The zero-order chi connectivity index (χ0) is 14.8. The first-order chi connectivity index (χ1) is 9.35. The van der Waals surface area contributed by atoms with E-state index in [-0.39, 0.29) is 5.41 Å². The van der Waals surface area contributed by atoms with Gasteiger partial charge in [-0.05, 0) is 54.2 Å². The predicted molar refractivity (Wildman–Crippen MR) is 88.4 cm³/mol. The van der Waals surface area contributed by atoms with Crippen LogP contribution in [0.3, 0.4) is 0 Å². The van der Waals surface area contributed by atoms with Gasteiger partial charge in [0.1, 0.15) is 0 Å². The molecule has 1 saturated carbocycles. The normalized spacial score (nSPS) is 26.9. The highest BCUT2D eigenvalue weighted by molar-refractivity contribution is 5.33. The van der Waals surface area contributed by atoms with Crippen LogP contribution in [0.25, 0.3) is 0 Å². The van der Waals surface area contributed by atoms with Crippen LogP contribution in [0.2, 0.25) is 0 Å². The molecule has 2 atom stereocenters. The summed E-state index contributed by atoms with van der Waals surface area (Å²) in [6.07, 6.45) is 5.14. The zero-order valence-corrected chi connectivity index (χ0v) is 13.9. The first-order valence-electron chi connectivity index (χ1n) is 8.19. The maximum atomic E-state index is 3.69. The fourth-order valence-corrected chi connectivity index (χ4v) is 3.40. The van der Waals surface area contributed by atoms with E-state index in [2.05, 4.69) is 64.2 Å². The van der Waals surface area contributed by atoms with E-state index in [0.29, 0.717) is 11.5 Å². The van der Waals surface area contributed by atoms with Crippen LogP contribution < -0.4 is 5.32 Å². The van der Waals surface area contributed by atoms with Crippen LogP contribution in [0.1, 0.15) is 71.4 Å². The van der Waals surface area contributed by atoms with Gasteiger partial charge in [0.25, 0.3) is 0 Å². The summed E-state index contributed by atoms with van der Waals surface area (Å²) in [6, 6.07) is 10.1. The summed E-state index contributed by atoms with van der Waals surface area (Å²) < 4.78 is 0. The summed E-state index contributed by atoms with van der Waals surface area (Å²) in [5.74, 6) is 0. The Labute approximate surface area is 125 Å². The number of hydrogen-bond acceptors (Lipinski definition) is 1. The molecule has 1 aliphatic carbocycles. The van der Waals surface area contributed by atoms with E-state index in [4.69, 9.17) is 0 Å². The van der Waals surface area contributed by atoms with Gasteiger partial charge >= 0.3 is 0 Å². The van der Waals surface area contributed by atoms with E-state index >= 15 is 0 Å². The second-order valence-electron chi connectivity index (χ2n) is 7.78. The molecule has 1 N–H and O–H groups in total. The standard InChI is InChI=1S/C19H31N/c1-6-13-20-17-11-12-19(5,14-17)16-9-7-15(8-10-16)18(2,3)4/h7-10,17,20H,6,11-14H2,1-5H3. The van der Waals surface area contributed by atoms with Crippen molar-refractivity contribution in [2.45, 2.75) is 77.2 Å². The minimum Gasteiger partial charge on any atom is -0.314 e. The second kappa shape index (κ2) is 5.89. The van der Waals surface area contributed by atoms with Crippen molar-refractivity contribution in [3.05, 3.63) is 35.4 Å². The lowest BCUT2D eigenvalue weighted by molar-refractivity contribution is 0.452. The third-order valence-corrected chi connectivity index (χ3v) is 4.87. The lowest BCUT2D eigenvalue weighted by Gasteiger charge is -2.27. The molecule has 1 heteroatoms. The number of hydrogen-bond donors (Lipinski definition) is 1. The summed E-state index contributed by atoms with van der Waals surface area (Å²) in [5.41, 5.74) is 3.57. The summed E-state index contributed by atoms with van der Waals surface area (Å²) >= 11 is 0. The van der Waals surface area contributed by atoms with E-state index in [1.165, 1.54) is 36.8 Å². The van der Waals surface area contributed by atoms with Gasteiger partial charge in [0, 0.05) is 6.04 Å². The molecule has 0 saturated heterocycles. The Bertz CT molecular complexity index is 426. The SMILES string of the molecule is CCCNC1CCC(C)(c2ccc(C(C)(C)C)cc2)C1. The van der Waals surface area contributed by atoms with Crippen LogP contribution in [0.15, 0.2) is 24.3 Å². The molecule has 0 amide bonds. The molecule has 0 spiro atoms. The van der Waals surface area contributed by atoms with Gasteiger partial charge in [-0.15, -0.1) is 0 Å². The predicted octanol–water partition coefficient (Wildman–Crippen LogP) is 4.79. The minimum atomic E-state index is 0.250. The van der Waals surface area contributed by atoms with Gasteiger partial charge in [0.2, 0.25) is 0 Å². The maximum Gasteiger partial charge on any atom is 0.00757 e. The first kappa shape index (κ1) is 15.6. The average molecular weight is 273 g/mol. The van der Waals surface area contributed by atoms with Crippen molar-refractivity contribution in [1.29, 1.82) is 0 Å². The molecule has 0 radical (unpaired) electrons. The van der Waals surface area contributed by atoms with E-state index in [1.807, 2.05) is 0 Å². The molecule has 2 rings (SSSR count). The van der Waals surface area contributed by atoms with Gasteiger partial charge in [-0.3, -0.25) is 0 Å². The minimum absolute atomic E-state index is 0.250. The Morgan fingerprint density at radius 1 is 1.20 bits per heavy atom. The van der Waals surface area contributed by atoms with Gasteiger partial charge in [-0.25, -0.2) is 0 Å². The number of rotatable bonds is 4. The molecule has 0 bridgehead atoms. The van der Waals surface area contributed by atoms with Crippen LogP contribution in [-0.2, 0) is 10.8 Å². The molecule has 0 aliphatic heterocycles. The van der Waals surface area contributed by atoms with Crippen molar-refractivity contribution in [2.75, 3.05) is 6.54 Å². The lowest BCUT2D eigenvalue weighted by Crippen LogP contribution is -2.29. The molecule has 2 unspecified atom stereocenters. The van der Waals surface area contributed by atoms with Crippen molar-refractivity contribution in [3.8, 4) is 0 Å². The van der Waals surface area contributed by atoms with Gasteiger partial charge in [0.05, 0.1) is 0 Å². The first-order valence-corrected chi connectivity index (χ1v) is 8.19. The Morgan fingerprint density at radius 3 is 2.40 bits per heavy atom. The third-order valence-electron chi connectivity index (χ3n) is 4.87. The lowest BCUT2D eigenvalue weighted by atomic mass is 9.78. The van der Waals surface area contributed by atoms with Crippen LogP contribution in [0.4, 0.5) is 0 Å². The summed E-state index contributed by atoms with van der Waals surface area (Å²) in [5, 5.41) is 3.69. The third kappa shape index (κ3) is 3.44. The van der Waals surface area contributed by atoms with Gasteiger partial charge in [0.15, 0.2) is 0 Å². The Hall–Kier alpha value is -0.820. The molecule has 112 valence electrons. The number of nitrogens with one attached hydrogen (secondary N) is 1. The second-order valence-corrected chi connectivity index (χ2v) is 7.78. The molecule has 1 aliphatic rings. The molecule has 20 heavy (non-hydrogen) atoms. The summed E-state index contributed by atoms with van der Waals surface area (Å²) in [6.45, 7) is 12.7. The van der Waals surface area contributed by atoms with Crippen molar-refractivity contribution in [1.82, 2.24) is 5.32 Å². The highest BCUT2D eigenvalue weighted by Crippen LogP contribution is 2.41. The summed E-state index contributed by atoms with van der Waals surface area (Å²) in [7, 11) is 0. The van der Waals surface area contributed by atoms with Crippen LogP contribution >= 0.6 is 0 Å². The highest BCUT2D eigenvalue weighted by atomic mass is 14.9. The summed E-state index contributed by atoms with van der Waals surface area (Å²) in [4.78, 5) is 0. The topological polar surface area (TPSA) is 12.0 Å². The van der Waals surface area contributed by atoms with Gasteiger partial charge in [-0.2, -0.15) is 0 Å². The van der Waals surface area contributed by atoms with Gasteiger partial charge < -0.3 is 5.32 Å². The molecule has 1 aromatic carbocycles. The molecule has 1 fully saturated rings. The van der Waals surface area contributed by atoms with Crippen molar-refractivity contribution in [2.24, 2.45) is 0 Å². The quantitative estimate of drug-likeness (QED) is 0.831.